The minimum atomic E-state index is -0.863. The van der Waals surface area contributed by atoms with Crippen molar-refractivity contribution < 1.29 is 14.7 Å². The molecular weight excluding hydrogens is 336 g/mol. The van der Waals surface area contributed by atoms with Gasteiger partial charge < -0.3 is 10.4 Å². The fourth-order valence-corrected chi connectivity index (χ4v) is 2.05. The molecular formula is C15H21BrN2O3. The molecule has 0 unspecified atom stereocenters. The van der Waals surface area contributed by atoms with Gasteiger partial charge in [0, 0.05) is 22.2 Å². The highest BCUT2D eigenvalue weighted by atomic mass is 79.9. The Kier molecular flexibility index (Phi) is 6.36. The first-order chi connectivity index (χ1) is 9.68. The van der Waals surface area contributed by atoms with Crippen molar-refractivity contribution in [1.29, 1.82) is 0 Å². The van der Waals surface area contributed by atoms with Gasteiger partial charge in [0.1, 0.15) is 0 Å². The molecule has 21 heavy (non-hydrogen) atoms. The van der Waals surface area contributed by atoms with Gasteiger partial charge in [0.05, 0.1) is 13.0 Å². The first-order valence-electron chi connectivity index (χ1n) is 6.71. The van der Waals surface area contributed by atoms with Crippen molar-refractivity contribution in [2.45, 2.75) is 32.7 Å². The molecule has 0 atom stereocenters. The molecule has 1 rings (SSSR count). The summed E-state index contributed by atoms with van der Waals surface area (Å²) in [6.07, 6.45) is 0.0167. The molecule has 1 amide bonds. The molecule has 1 aromatic rings. The lowest BCUT2D eigenvalue weighted by Crippen LogP contribution is -2.46. The first kappa shape index (κ1) is 17.7. The second-order valence-electron chi connectivity index (χ2n) is 5.79. The summed E-state index contributed by atoms with van der Waals surface area (Å²) in [5.41, 5.74) is 0.447. The van der Waals surface area contributed by atoms with Gasteiger partial charge >= 0.3 is 5.97 Å². The summed E-state index contributed by atoms with van der Waals surface area (Å²) >= 11 is 3.34. The van der Waals surface area contributed by atoms with Gasteiger partial charge in [-0.25, -0.2) is 0 Å². The van der Waals surface area contributed by atoms with E-state index in [-0.39, 0.29) is 24.4 Å². The Balaban J connectivity index is 2.63. The van der Waals surface area contributed by atoms with E-state index in [0.29, 0.717) is 6.54 Å². The average molecular weight is 357 g/mol. The standard InChI is InChI=1S/C15H21BrN2O3/c1-15(2,3)18(9-8-14(20)21)10-13(19)17-12-6-4-11(16)5-7-12/h4-7H,8-10H2,1-3H3,(H,17,19)(H,20,21). The van der Waals surface area contributed by atoms with Gasteiger partial charge in [0.2, 0.25) is 5.91 Å². The molecule has 0 aliphatic carbocycles. The zero-order chi connectivity index (χ0) is 16.0. The Morgan fingerprint density at radius 1 is 1.24 bits per heavy atom. The van der Waals surface area contributed by atoms with Gasteiger partial charge in [0.15, 0.2) is 0 Å². The number of carboxylic acids is 1. The second kappa shape index (κ2) is 7.56. The number of amides is 1. The van der Waals surface area contributed by atoms with Crippen LogP contribution in [-0.4, -0.2) is 40.5 Å². The van der Waals surface area contributed by atoms with Crippen molar-refractivity contribution in [2.24, 2.45) is 0 Å². The Morgan fingerprint density at radius 3 is 2.29 bits per heavy atom. The number of hydrogen-bond acceptors (Lipinski definition) is 3. The Bertz CT molecular complexity index is 495. The fourth-order valence-electron chi connectivity index (χ4n) is 1.79. The molecule has 0 aliphatic rings. The summed E-state index contributed by atoms with van der Waals surface area (Å²) in [7, 11) is 0. The third-order valence-electron chi connectivity index (χ3n) is 3.01. The minimum Gasteiger partial charge on any atom is -0.481 e. The third kappa shape index (κ3) is 6.73. The highest BCUT2D eigenvalue weighted by molar-refractivity contribution is 9.10. The van der Waals surface area contributed by atoms with Crippen molar-refractivity contribution in [3.63, 3.8) is 0 Å². The quantitative estimate of drug-likeness (QED) is 0.821. The number of aliphatic carboxylic acids is 1. The van der Waals surface area contributed by atoms with E-state index in [1.807, 2.05) is 37.8 Å². The number of nitrogens with zero attached hydrogens (tertiary/aromatic N) is 1. The molecule has 0 saturated heterocycles. The van der Waals surface area contributed by atoms with Crippen molar-refractivity contribution >= 4 is 33.5 Å². The van der Waals surface area contributed by atoms with Crippen LogP contribution in [0.5, 0.6) is 0 Å². The summed E-state index contributed by atoms with van der Waals surface area (Å²) in [5.74, 6) is -1.02. The summed E-state index contributed by atoms with van der Waals surface area (Å²) in [4.78, 5) is 24.7. The van der Waals surface area contributed by atoms with E-state index in [1.165, 1.54) is 0 Å². The van der Waals surface area contributed by atoms with Crippen LogP contribution in [0.1, 0.15) is 27.2 Å². The zero-order valence-corrected chi connectivity index (χ0v) is 14.1. The van der Waals surface area contributed by atoms with Gasteiger partial charge in [-0.3, -0.25) is 14.5 Å². The van der Waals surface area contributed by atoms with Crippen LogP contribution < -0.4 is 5.32 Å². The molecule has 5 nitrogen and oxygen atoms in total. The Morgan fingerprint density at radius 2 is 1.81 bits per heavy atom. The van der Waals surface area contributed by atoms with Crippen LogP contribution in [0.3, 0.4) is 0 Å². The van der Waals surface area contributed by atoms with Crippen molar-refractivity contribution in [2.75, 3.05) is 18.4 Å². The summed E-state index contributed by atoms with van der Waals surface area (Å²) in [5, 5.41) is 11.6. The molecule has 116 valence electrons. The molecule has 0 spiro atoms. The molecule has 0 aromatic heterocycles. The van der Waals surface area contributed by atoms with Crippen LogP contribution in [-0.2, 0) is 9.59 Å². The molecule has 0 bridgehead atoms. The maximum absolute atomic E-state index is 12.1. The predicted molar refractivity (Wildman–Crippen MR) is 86.4 cm³/mol. The van der Waals surface area contributed by atoms with E-state index in [2.05, 4.69) is 21.2 Å². The van der Waals surface area contributed by atoms with E-state index < -0.39 is 5.97 Å². The van der Waals surface area contributed by atoms with Crippen molar-refractivity contribution in [1.82, 2.24) is 4.90 Å². The number of carboxylic acid groups (broad SMARTS) is 1. The zero-order valence-electron chi connectivity index (χ0n) is 12.5. The first-order valence-corrected chi connectivity index (χ1v) is 7.50. The topological polar surface area (TPSA) is 69.6 Å². The van der Waals surface area contributed by atoms with Crippen LogP contribution in [0, 0.1) is 0 Å². The Labute approximate surface area is 133 Å². The van der Waals surface area contributed by atoms with Gasteiger partial charge in [-0.2, -0.15) is 0 Å². The summed E-state index contributed by atoms with van der Waals surface area (Å²) in [6.45, 7) is 6.38. The number of carbonyl (C=O) groups excluding carboxylic acids is 1. The smallest absolute Gasteiger partial charge is 0.304 e. The molecule has 0 fully saturated rings. The van der Waals surface area contributed by atoms with Gasteiger partial charge in [-0.15, -0.1) is 0 Å². The molecule has 0 saturated carbocycles. The highest BCUT2D eigenvalue weighted by Gasteiger charge is 2.24. The lowest BCUT2D eigenvalue weighted by Gasteiger charge is -2.34. The number of benzene rings is 1. The fraction of sp³-hybridized carbons (Fsp3) is 0.467. The van der Waals surface area contributed by atoms with E-state index in [4.69, 9.17) is 5.11 Å². The maximum atomic E-state index is 12.1. The number of anilines is 1. The van der Waals surface area contributed by atoms with Crippen LogP contribution in [0.2, 0.25) is 0 Å². The van der Waals surface area contributed by atoms with Gasteiger partial charge in [-0.05, 0) is 45.0 Å². The van der Waals surface area contributed by atoms with Crippen LogP contribution in [0.15, 0.2) is 28.7 Å². The largest absolute Gasteiger partial charge is 0.481 e. The minimum absolute atomic E-state index is 0.0167. The second-order valence-corrected chi connectivity index (χ2v) is 6.71. The summed E-state index contributed by atoms with van der Waals surface area (Å²) in [6, 6.07) is 7.31. The molecule has 6 heteroatoms. The van der Waals surface area contributed by atoms with Crippen LogP contribution in [0.25, 0.3) is 0 Å². The van der Waals surface area contributed by atoms with E-state index in [1.54, 1.807) is 12.1 Å². The average Bonchev–Trinajstić information content (AvgIpc) is 2.35. The normalized spacial score (nSPS) is 11.5. The van der Waals surface area contributed by atoms with E-state index >= 15 is 0 Å². The lowest BCUT2D eigenvalue weighted by molar-refractivity contribution is -0.138. The van der Waals surface area contributed by atoms with Gasteiger partial charge in [-0.1, -0.05) is 15.9 Å². The molecule has 1 aromatic carbocycles. The predicted octanol–water partition coefficient (Wildman–Crippen LogP) is 2.96. The molecule has 0 aliphatic heterocycles. The Hall–Kier alpha value is -1.40. The number of carbonyl (C=O) groups is 2. The number of nitrogens with one attached hydrogen (secondary N) is 1. The molecule has 0 heterocycles. The summed E-state index contributed by atoms with van der Waals surface area (Å²) < 4.78 is 0.943. The molecule has 0 radical (unpaired) electrons. The number of halogens is 1. The maximum Gasteiger partial charge on any atom is 0.304 e. The van der Waals surface area contributed by atoms with Crippen molar-refractivity contribution in [3.8, 4) is 0 Å². The van der Waals surface area contributed by atoms with E-state index in [0.717, 1.165) is 10.2 Å². The monoisotopic (exact) mass is 356 g/mol. The van der Waals surface area contributed by atoms with Crippen LogP contribution in [0.4, 0.5) is 5.69 Å². The number of hydrogen-bond donors (Lipinski definition) is 2. The number of rotatable bonds is 6. The molecule has 2 N–H and O–H groups in total. The highest BCUT2D eigenvalue weighted by Crippen LogP contribution is 2.16. The SMILES string of the molecule is CC(C)(C)N(CCC(=O)O)CC(=O)Nc1ccc(Br)cc1. The van der Waals surface area contributed by atoms with Crippen molar-refractivity contribution in [3.05, 3.63) is 28.7 Å². The lowest BCUT2D eigenvalue weighted by atomic mass is 10.1. The van der Waals surface area contributed by atoms with E-state index in [9.17, 15) is 9.59 Å². The third-order valence-corrected chi connectivity index (χ3v) is 3.54. The van der Waals surface area contributed by atoms with Crippen LogP contribution >= 0.6 is 15.9 Å². The van der Waals surface area contributed by atoms with Gasteiger partial charge in [0.25, 0.3) is 0 Å².